The number of carbonyl (C=O) groups is 2. The molecule has 0 bridgehead atoms. The molecule has 19 heavy (non-hydrogen) atoms. The van der Waals surface area contributed by atoms with Crippen LogP contribution in [-0.4, -0.2) is 46.5 Å². The highest BCUT2D eigenvalue weighted by Crippen LogP contribution is 2.21. The van der Waals surface area contributed by atoms with Crippen molar-refractivity contribution < 1.29 is 9.59 Å². The van der Waals surface area contributed by atoms with Crippen LogP contribution in [0.4, 0.5) is 0 Å². The van der Waals surface area contributed by atoms with Crippen LogP contribution in [0.5, 0.6) is 0 Å². The largest absolute Gasteiger partial charge is 0.356 e. The molecule has 1 fully saturated rings. The minimum atomic E-state index is -0.109. The van der Waals surface area contributed by atoms with E-state index in [9.17, 15) is 9.59 Å². The van der Waals surface area contributed by atoms with Gasteiger partial charge in [0.15, 0.2) is 0 Å². The molecule has 1 aromatic rings. The predicted octanol–water partition coefficient (Wildman–Crippen LogP) is 1.18. The first-order valence-corrected chi connectivity index (χ1v) is 7.28. The van der Waals surface area contributed by atoms with Crippen molar-refractivity contribution in [1.82, 2.24) is 20.4 Å². The van der Waals surface area contributed by atoms with E-state index < -0.39 is 0 Å². The molecule has 1 aliphatic heterocycles. The maximum Gasteiger partial charge on any atom is 0.284 e. The van der Waals surface area contributed by atoms with Crippen LogP contribution in [-0.2, 0) is 4.79 Å². The van der Waals surface area contributed by atoms with Gasteiger partial charge in [-0.15, -0.1) is 10.2 Å². The van der Waals surface area contributed by atoms with Crippen LogP contribution in [0, 0.1) is 5.92 Å². The Labute approximate surface area is 120 Å². The zero-order valence-corrected chi connectivity index (χ0v) is 12.1. The lowest BCUT2D eigenvalue weighted by atomic mass is 9.97. The number of hydrogen-bond donors (Lipinski definition) is 1. The van der Waals surface area contributed by atoms with Gasteiger partial charge in [0.05, 0.1) is 0 Å². The molecule has 2 rings (SSSR count). The van der Waals surface area contributed by atoms with Crippen LogP contribution in [0.1, 0.15) is 29.6 Å². The summed E-state index contributed by atoms with van der Waals surface area (Å²) in [5.74, 6) is 0.315. The Hall–Kier alpha value is -1.21. The SMILES string of the molecule is CC(=O)NCC1CCN(C(=O)c2nnc(Cl)s2)CC1. The zero-order chi connectivity index (χ0) is 13.8. The van der Waals surface area contributed by atoms with E-state index >= 15 is 0 Å². The summed E-state index contributed by atoms with van der Waals surface area (Å²) >= 11 is 6.77. The minimum absolute atomic E-state index is 0.0120. The van der Waals surface area contributed by atoms with E-state index in [0.29, 0.717) is 30.6 Å². The second-order valence-electron chi connectivity index (χ2n) is 4.53. The third-order valence-electron chi connectivity index (χ3n) is 3.12. The summed E-state index contributed by atoms with van der Waals surface area (Å²) in [4.78, 5) is 24.7. The van der Waals surface area contributed by atoms with E-state index in [1.807, 2.05) is 0 Å². The number of nitrogens with zero attached hydrogens (tertiary/aromatic N) is 3. The molecule has 1 aromatic heterocycles. The fourth-order valence-electron chi connectivity index (χ4n) is 2.06. The average Bonchev–Trinajstić information content (AvgIpc) is 2.83. The van der Waals surface area contributed by atoms with Crippen LogP contribution in [0.25, 0.3) is 0 Å². The lowest BCUT2D eigenvalue weighted by molar-refractivity contribution is -0.119. The first kappa shape index (κ1) is 14.2. The van der Waals surface area contributed by atoms with Crippen LogP contribution >= 0.6 is 22.9 Å². The highest BCUT2D eigenvalue weighted by Gasteiger charge is 2.25. The number of aromatic nitrogens is 2. The highest BCUT2D eigenvalue weighted by molar-refractivity contribution is 7.17. The van der Waals surface area contributed by atoms with Crippen molar-refractivity contribution in [2.24, 2.45) is 5.92 Å². The van der Waals surface area contributed by atoms with Crippen molar-refractivity contribution in [3.05, 3.63) is 9.47 Å². The molecular formula is C11H15ClN4O2S. The summed E-state index contributed by atoms with van der Waals surface area (Å²) in [6.07, 6.45) is 1.77. The summed E-state index contributed by atoms with van der Waals surface area (Å²) in [7, 11) is 0. The topological polar surface area (TPSA) is 75.2 Å². The molecule has 0 unspecified atom stereocenters. The quantitative estimate of drug-likeness (QED) is 0.910. The Morgan fingerprint density at radius 2 is 2.11 bits per heavy atom. The lowest BCUT2D eigenvalue weighted by Gasteiger charge is -2.31. The first-order chi connectivity index (χ1) is 9.06. The molecule has 2 heterocycles. The Morgan fingerprint density at radius 3 is 2.63 bits per heavy atom. The fraction of sp³-hybridized carbons (Fsp3) is 0.636. The number of piperidine rings is 1. The summed E-state index contributed by atoms with van der Waals surface area (Å²) in [5.41, 5.74) is 0. The average molecular weight is 303 g/mol. The van der Waals surface area contributed by atoms with E-state index in [0.717, 1.165) is 24.2 Å². The molecule has 0 saturated carbocycles. The van der Waals surface area contributed by atoms with Gasteiger partial charge in [-0.2, -0.15) is 0 Å². The van der Waals surface area contributed by atoms with Gasteiger partial charge in [0.2, 0.25) is 15.4 Å². The third-order valence-corrected chi connectivity index (χ3v) is 4.13. The van der Waals surface area contributed by atoms with Gasteiger partial charge in [-0.1, -0.05) is 11.3 Å². The molecule has 8 heteroatoms. The second-order valence-corrected chi connectivity index (χ2v) is 6.09. The third kappa shape index (κ3) is 3.87. The molecule has 0 aromatic carbocycles. The summed E-state index contributed by atoms with van der Waals surface area (Å²) in [6.45, 7) is 3.56. The molecule has 1 aliphatic rings. The van der Waals surface area contributed by atoms with Gasteiger partial charge in [-0.05, 0) is 30.4 Å². The standard InChI is InChI=1S/C11H15ClN4O2S/c1-7(17)13-6-8-2-4-16(5-3-8)10(18)9-14-15-11(12)19-9/h8H,2-6H2,1H3,(H,13,17). The fourth-order valence-corrected chi connectivity index (χ4v) is 2.85. The van der Waals surface area contributed by atoms with E-state index in [-0.39, 0.29) is 16.3 Å². The number of hydrogen-bond acceptors (Lipinski definition) is 5. The molecule has 104 valence electrons. The molecule has 0 aliphatic carbocycles. The normalized spacial score (nSPS) is 16.4. The molecule has 0 radical (unpaired) electrons. The summed E-state index contributed by atoms with van der Waals surface area (Å²) in [6, 6.07) is 0. The lowest BCUT2D eigenvalue weighted by Crippen LogP contribution is -2.41. The summed E-state index contributed by atoms with van der Waals surface area (Å²) in [5, 5.41) is 10.5. The van der Waals surface area contributed by atoms with E-state index in [4.69, 9.17) is 11.6 Å². The first-order valence-electron chi connectivity index (χ1n) is 6.09. The van der Waals surface area contributed by atoms with Crippen LogP contribution in [0.3, 0.4) is 0 Å². The predicted molar refractivity (Wildman–Crippen MR) is 72.2 cm³/mol. The number of likely N-dealkylation sites (tertiary alicyclic amines) is 1. The number of halogens is 1. The van der Waals surface area contributed by atoms with Crippen molar-refractivity contribution in [2.45, 2.75) is 19.8 Å². The number of nitrogens with one attached hydrogen (secondary N) is 1. The smallest absolute Gasteiger partial charge is 0.284 e. The van der Waals surface area contributed by atoms with Gasteiger partial charge in [-0.25, -0.2) is 0 Å². The summed E-state index contributed by atoms with van der Waals surface area (Å²) < 4.78 is 0.281. The van der Waals surface area contributed by atoms with Gasteiger partial charge in [0, 0.05) is 26.6 Å². The molecule has 6 nitrogen and oxygen atoms in total. The second kappa shape index (κ2) is 6.29. The Morgan fingerprint density at radius 1 is 1.42 bits per heavy atom. The van der Waals surface area contributed by atoms with Crippen molar-refractivity contribution in [1.29, 1.82) is 0 Å². The van der Waals surface area contributed by atoms with Gasteiger partial charge in [-0.3, -0.25) is 9.59 Å². The Balaban J connectivity index is 1.83. The van der Waals surface area contributed by atoms with Crippen LogP contribution in [0.15, 0.2) is 0 Å². The van der Waals surface area contributed by atoms with Crippen molar-refractivity contribution in [3.8, 4) is 0 Å². The highest BCUT2D eigenvalue weighted by atomic mass is 35.5. The molecule has 0 atom stereocenters. The van der Waals surface area contributed by atoms with E-state index in [2.05, 4.69) is 15.5 Å². The van der Waals surface area contributed by atoms with Crippen LogP contribution in [0.2, 0.25) is 4.47 Å². The zero-order valence-electron chi connectivity index (χ0n) is 10.6. The Kier molecular flexibility index (Phi) is 4.71. The van der Waals surface area contributed by atoms with Gasteiger partial charge >= 0.3 is 0 Å². The van der Waals surface area contributed by atoms with Crippen molar-refractivity contribution >= 4 is 34.8 Å². The molecular weight excluding hydrogens is 288 g/mol. The number of carbonyl (C=O) groups excluding carboxylic acids is 2. The number of rotatable bonds is 3. The molecule has 2 amide bonds. The van der Waals surface area contributed by atoms with Gasteiger partial charge in [0.1, 0.15) is 0 Å². The van der Waals surface area contributed by atoms with Crippen molar-refractivity contribution in [3.63, 3.8) is 0 Å². The molecule has 1 N–H and O–H groups in total. The molecule has 0 spiro atoms. The van der Waals surface area contributed by atoms with E-state index in [1.54, 1.807) is 4.90 Å². The van der Waals surface area contributed by atoms with Crippen molar-refractivity contribution in [2.75, 3.05) is 19.6 Å². The maximum absolute atomic E-state index is 12.1. The monoisotopic (exact) mass is 302 g/mol. The van der Waals surface area contributed by atoms with Gasteiger partial charge in [0.25, 0.3) is 5.91 Å². The maximum atomic E-state index is 12.1. The van der Waals surface area contributed by atoms with Gasteiger partial charge < -0.3 is 10.2 Å². The minimum Gasteiger partial charge on any atom is -0.356 e. The number of amides is 2. The molecule has 1 saturated heterocycles. The Bertz CT molecular complexity index is 471. The van der Waals surface area contributed by atoms with Crippen LogP contribution < -0.4 is 5.32 Å². The van der Waals surface area contributed by atoms with E-state index in [1.165, 1.54) is 6.92 Å².